The third-order valence-corrected chi connectivity index (χ3v) is 12.2. The fourth-order valence-corrected chi connectivity index (χ4v) is 9.31. The monoisotopic (exact) mass is 790 g/mol. The maximum Gasteiger partial charge on any atom is 0.138 e. The Morgan fingerprint density at radius 2 is 0.774 bits per heavy atom. The molecule has 0 spiro atoms. The molecule has 12 aromatic rings. The van der Waals surface area contributed by atoms with E-state index in [0.29, 0.717) is 0 Å². The Labute approximate surface area is 359 Å². The van der Waals surface area contributed by atoms with Gasteiger partial charge in [0.2, 0.25) is 0 Å². The van der Waals surface area contributed by atoms with Crippen molar-refractivity contribution in [3.8, 4) is 22.3 Å². The topological polar surface area (TPSA) is 32.3 Å². The zero-order valence-corrected chi connectivity index (χ0v) is 33.7. The van der Waals surface area contributed by atoms with E-state index in [-0.39, 0.29) is 0 Å². The average Bonchev–Trinajstić information content (AvgIpc) is 3.35. The van der Waals surface area contributed by atoms with Crippen molar-refractivity contribution in [3.05, 3.63) is 231 Å². The van der Waals surface area contributed by atoms with E-state index in [1.807, 2.05) is 12.3 Å². The van der Waals surface area contributed by atoms with Crippen molar-refractivity contribution in [1.82, 2.24) is 9.97 Å². The Morgan fingerprint density at radius 1 is 0.306 bits per heavy atom. The van der Waals surface area contributed by atoms with E-state index in [1.165, 1.54) is 38.1 Å². The fraction of sp³-hybridized carbons (Fsp3) is 0. The van der Waals surface area contributed by atoms with Crippen molar-refractivity contribution >= 4 is 88.4 Å². The molecule has 2 heterocycles. The number of benzene rings is 10. The van der Waals surface area contributed by atoms with Crippen LogP contribution in [0.25, 0.3) is 76.4 Å². The quantitative estimate of drug-likeness (QED) is 0.144. The molecule has 2 aromatic heterocycles. The third kappa shape index (κ3) is 6.00. The molecule has 4 nitrogen and oxygen atoms in total. The molecular formula is C58H38N4. The minimum atomic E-state index is 0.834. The summed E-state index contributed by atoms with van der Waals surface area (Å²) in [4.78, 5) is 14.9. The van der Waals surface area contributed by atoms with Gasteiger partial charge in [-0.15, -0.1) is 0 Å². The van der Waals surface area contributed by atoms with Crippen LogP contribution in [0.2, 0.25) is 0 Å². The van der Waals surface area contributed by atoms with Crippen LogP contribution in [0.5, 0.6) is 0 Å². The first kappa shape index (κ1) is 35.6. The normalized spacial score (nSPS) is 11.5. The van der Waals surface area contributed by atoms with Crippen LogP contribution >= 0.6 is 0 Å². The van der Waals surface area contributed by atoms with Gasteiger partial charge in [0.05, 0.1) is 22.4 Å². The van der Waals surface area contributed by atoms with Crippen LogP contribution in [0.3, 0.4) is 0 Å². The van der Waals surface area contributed by atoms with Crippen molar-refractivity contribution in [2.75, 3.05) is 9.80 Å². The van der Waals surface area contributed by atoms with E-state index < -0.39 is 0 Å². The van der Waals surface area contributed by atoms with Gasteiger partial charge in [-0.1, -0.05) is 152 Å². The molecule has 0 amide bonds. The van der Waals surface area contributed by atoms with Gasteiger partial charge in [-0.3, -0.25) is 9.88 Å². The van der Waals surface area contributed by atoms with Crippen molar-refractivity contribution < 1.29 is 0 Å². The van der Waals surface area contributed by atoms with Crippen LogP contribution in [-0.4, -0.2) is 9.97 Å². The van der Waals surface area contributed by atoms with Crippen LogP contribution in [0.4, 0.5) is 34.3 Å². The van der Waals surface area contributed by atoms with E-state index >= 15 is 0 Å². The summed E-state index contributed by atoms with van der Waals surface area (Å²) in [7, 11) is 0. The largest absolute Gasteiger partial charge is 0.310 e. The van der Waals surface area contributed by atoms with E-state index in [4.69, 9.17) is 9.97 Å². The van der Waals surface area contributed by atoms with Crippen LogP contribution in [0.1, 0.15) is 0 Å². The standard InChI is InChI=1S/C58H38N4/c1-5-14-39(15-6-1)45-36-46(40-16-7-2-8-17-40)38-49(37-45)61(47-19-9-3-10-20-47)52-32-27-41-26-31-51-53(33-28-42-25-30-50(52)55(41)56(42)51)62(48-21-11-4-12-22-48)54-34-29-44-24-23-43-18-13-35-59-57(43)58(44)60-54/h1-38H. The van der Waals surface area contributed by atoms with Gasteiger partial charge in [-0.25, -0.2) is 4.98 Å². The van der Waals surface area contributed by atoms with Gasteiger partial charge < -0.3 is 4.90 Å². The molecule has 0 aliphatic rings. The number of para-hydroxylation sites is 2. The molecule has 0 aliphatic heterocycles. The summed E-state index contributed by atoms with van der Waals surface area (Å²) in [6.07, 6.45) is 1.85. The van der Waals surface area contributed by atoms with E-state index in [2.05, 4.69) is 228 Å². The summed E-state index contributed by atoms with van der Waals surface area (Å²) in [5.41, 5.74) is 11.9. The summed E-state index contributed by atoms with van der Waals surface area (Å²) < 4.78 is 0. The molecule has 0 aliphatic carbocycles. The molecular weight excluding hydrogens is 753 g/mol. The van der Waals surface area contributed by atoms with Gasteiger partial charge in [0, 0.05) is 44.8 Å². The third-order valence-electron chi connectivity index (χ3n) is 12.2. The van der Waals surface area contributed by atoms with Crippen LogP contribution < -0.4 is 9.80 Å². The first-order valence-corrected chi connectivity index (χ1v) is 21.1. The predicted molar refractivity (Wildman–Crippen MR) is 261 cm³/mol. The van der Waals surface area contributed by atoms with Crippen molar-refractivity contribution in [3.63, 3.8) is 0 Å². The second-order valence-electron chi connectivity index (χ2n) is 15.8. The molecule has 0 atom stereocenters. The lowest BCUT2D eigenvalue weighted by molar-refractivity contribution is 1.22. The van der Waals surface area contributed by atoms with Crippen molar-refractivity contribution in [1.29, 1.82) is 0 Å². The van der Waals surface area contributed by atoms with Crippen molar-refractivity contribution in [2.45, 2.75) is 0 Å². The molecule has 4 heteroatoms. The molecule has 12 rings (SSSR count). The molecule has 10 aromatic carbocycles. The highest BCUT2D eigenvalue weighted by atomic mass is 15.2. The minimum Gasteiger partial charge on any atom is -0.310 e. The van der Waals surface area contributed by atoms with Crippen LogP contribution in [0, 0.1) is 0 Å². The molecule has 0 N–H and O–H groups in total. The highest BCUT2D eigenvalue weighted by Crippen LogP contribution is 2.48. The van der Waals surface area contributed by atoms with E-state index in [0.717, 1.165) is 72.6 Å². The molecule has 62 heavy (non-hydrogen) atoms. The minimum absolute atomic E-state index is 0.834. The number of rotatable bonds is 8. The molecule has 0 saturated heterocycles. The molecule has 0 fully saturated rings. The number of hydrogen-bond donors (Lipinski definition) is 0. The summed E-state index contributed by atoms with van der Waals surface area (Å²) in [6, 6.07) is 80.6. The SMILES string of the molecule is c1ccc(-c2cc(-c3ccccc3)cc(N(c3ccccc3)c3ccc4ccc5c(N(c6ccccc6)c6ccc7ccc8cccnc8c7n6)ccc6ccc3c4c65)c2)cc1. The Morgan fingerprint density at radius 3 is 1.35 bits per heavy atom. The lowest BCUT2D eigenvalue weighted by atomic mass is 9.91. The summed E-state index contributed by atoms with van der Waals surface area (Å²) >= 11 is 0. The fourth-order valence-electron chi connectivity index (χ4n) is 9.31. The Bertz CT molecular complexity index is 3520. The van der Waals surface area contributed by atoms with Gasteiger partial charge in [-0.2, -0.15) is 0 Å². The van der Waals surface area contributed by atoms with Gasteiger partial charge in [0.1, 0.15) is 5.82 Å². The molecule has 0 unspecified atom stereocenters. The first-order valence-electron chi connectivity index (χ1n) is 21.1. The van der Waals surface area contributed by atoms with Gasteiger partial charge in [0.15, 0.2) is 0 Å². The van der Waals surface area contributed by atoms with E-state index in [1.54, 1.807) is 0 Å². The second-order valence-corrected chi connectivity index (χ2v) is 15.8. The van der Waals surface area contributed by atoms with Gasteiger partial charge >= 0.3 is 0 Å². The number of hydrogen-bond acceptors (Lipinski definition) is 4. The second kappa shape index (κ2) is 14.7. The molecule has 290 valence electrons. The Hall–Kier alpha value is -8.34. The number of anilines is 6. The average molecular weight is 791 g/mol. The van der Waals surface area contributed by atoms with Gasteiger partial charge in [0.25, 0.3) is 0 Å². The summed E-state index contributed by atoms with van der Waals surface area (Å²) in [5.74, 6) is 0.834. The van der Waals surface area contributed by atoms with Gasteiger partial charge in [-0.05, 0) is 117 Å². The lowest BCUT2D eigenvalue weighted by Crippen LogP contribution is -2.12. The number of nitrogens with zero attached hydrogens (tertiary/aromatic N) is 4. The number of pyridine rings is 2. The predicted octanol–water partition coefficient (Wildman–Crippen LogP) is 16.0. The smallest absolute Gasteiger partial charge is 0.138 e. The van der Waals surface area contributed by atoms with Crippen molar-refractivity contribution in [2.24, 2.45) is 0 Å². The first-order chi connectivity index (χ1) is 30.7. The van der Waals surface area contributed by atoms with Crippen LogP contribution in [-0.2, 0) is 0 Å². The zero-order valence-electron chi connectivity index (χ0n) is 33.7. The Balaban J connectivity index is 1.10. The highest BCUT2D eigenvalue weighted by Gasteiger charge is 2.23. The van der Waals surface area contributed by atoms with E-state index in [9.17, 15) is 0 Å². The summed E-state index contributed by atoms with van der Waals surface area (Å²) in [5, 5.41) is 9.32. The number of fused-ring (bicyclic) bond motifs is 3. The highest BCUT2D eigenvalue weighted by molar-refractivity contribution is 6.28. The zero-order chi connectivity index (χ0) is 41.0. The molecule has 0 radical (unpaired) electrons. The maximum absolute atomic E-state index is 5.38. The lowest BCUT2D eigenvalue weighted by Gasteiger charge is -2.29. The summed E-state index contributed by atoms with van der Waals surface area (Å²) in [6.45, 7) is 0. The van der Waals surface area contributed by atoms with Crippen LogP contribution in [0.15, 0.2) is 231 Å². The molecule has 0 bridgehead atoms. The number of aromatic nitrogens is 2. The maximum atomic E-state index is 5.38. The molecule has 0 saturated carbocycles. The Kier molecular flexibility index (Phi) is 8.46.